The van der Waals surface area contributed by atoms with Crippen molar-refractivity contribution < 1.29 is 19.7 Å². The van der Waals surface area contributed by atoms with Crippen molar-refractivity contribution in [2.24, 2.45) is 17.3 Å². The smallest absolute Gasteiger partial charge is 0.316 e. The lowest BCUT2D eigenvalue weighted by atomic mass is 9.93. The molecule has 6 heteroatoms. The third kappa shape index (κ3) is 2.96. The van der Waals surface area contributed by atoms with Gasteiger partial charge in [-0.25, -0.2) is 0 Å². The van der Waals surface area contributed by atoms with E-state index in [0.29, 0.717) is 11.8 Å². The van der Waals surface area contributed by atoms with Crippen molar-refractivity contribution in [3.8, 4) is 0 Å². The van der Waals surface area contributed by atoms with Crippen molar-refractivity contribution in [3.63, 3.8) is 0 Å². The second-order valence-electron chi connectivity index (χ2n) is 5.55. The van der Waals surface area contributed by atoms with Gasteiger partial charge in [-0.2, -0.15) is 0 Å². The first kappa shape index (κ1) is 15.7. The zero-order chi connectivity index (χ0) is 12.5. The van der Waals surface area contributed by atoms with Crippen LogP contribution in [0.25, 0.3) is 0 Å². The third-order valence-electron chi connectivity index (χ3n) is 4.08. The van der Waals surface area contributed by atoms with Crippen LogP contribution in [0.1, 0.15) is 19.8 Å². The number of halogens is 1. The van der Waals surface area contributed by atoms with Gasteiger partial charge in [-0.15, -0.1) is 12.4 Å². The van der Waals surface area contributed by atoms with Crippen molar-refractivity contribution in [2.45, 2.75) is 25.9 Å². The second-order valence-corrected chi connectivity index (χ2v) is 5.55. The van der Waals surface area contributed by atoms with Crippen molar-refractivity contribution in [2.75, 3.05) is 26.3 Å². The molecular formula is C12H22ClNO4. The van der Waals surface area contributed by atoms with E-state index in [1.54, 1.807) is 0 Å². The number of rotatable bonds is 4. The summed E-state index contributed by atoms with van der Waals surface area (Å²) in [5.74, 6) is 0.741. The van der Waals surface area contributed by atoms with Crippen LogP contribution >= 0.6 is 12.4 Å². The number of ether oxygens (including phenoxy) is 1. The fourth-order valence-electron chi connectivity index (χ4n) is 2.68. The topological polar surface area (TPSA) is 78.8 Å². The standard InChI is InChI=1S/C12H21NO4.ClH/c1-12(6-14,7-15)11(16)17-10-2-8-4-13-5-9(8)3-10;/h8-10,13-15H,2-7H2,1H3;1H/t8-,9+,10?;. The number of hydrogen-bond acceptors (Lipinski definition) is 5. The molecule has 2 rings (SSSR count). The summed E-state index contributed by atoms with van der Waals surface area (Å²) in [6, 6.07) is 0. The fraction of sp³-hybridized carbons (Fsp3) is 0.917. The molecular weight excluding hydrogens is 258 g/mol. The molecule has 0 bridgehead atoms. The quantitative estimate of drug-likeness (QED) is 0.629. The first-order valence-electron chi connectivity index (χ1n) is 6.22. The summed E-state index contributed by atoms with van der Waals surface area (Å²) in [7, 11) is 0. The van der Waals surface area contributed by atoms with Gasteiger partial charge < -0.3 is 20.3 Å². The highest BCUT2D eigenvalue weighted by atomic mass is 35.5. The molecule has 18 heavy (non-hydrogen) atoms. The number of carbonyl (C=O) groups excluding carboxylic acids is 1. The molecule has 106 valence electrons. The summed E-state index contributed by atoms with van der Waals surface area (Å²) in [4.78, 5) is 11.8. The number of fused-ring (bicyclic) bond motifs is 1. The van der Waals surface area contributed by atoms with Gasteiger partial charge in [0, 0.05) is 0 Å². The van der Waals surface area contributed by atoms with Gasteiger partial charge in [0.2, 0.25) is 0 Å². The Morgan fingerprint density at radius 3 is 2.22 bits per heavy atom. The summed E-state index contributed by atoms with van der Waals surface area (Å²) in [6.45, 7) is 2.77. The normalized spacial score (nSPS) is 30.7. The van der Waals surface area contributed by atoms with Crippen molar-refractivity contribution in [1.82, 2.24) is 5.32 Å². The lowest BCUT2D eigenvalue weighted by Gasteiger charge is -2.25. The van der Waals surface area contributed by atoms with Crippen molar-refractivity contribution >= 4 is 18.4 Å². The van der Waals surface area contributed by atoms with Crippen LogP contribution in [-0.4, -0.2) is 48.6 Å². The molecule has 0 aromatic carbocycles. The average molecular weight is 280 g/mol. The van der Waals surface area contributed by atoms with E-state index in [9.17, 15) is 4.79 Å². The van der Waals surface area contributed by atoms with Gasteiger partial charge in [0.05, 0.1) is 13.2 Å². The van der Waals surface area contributed by atoms with Gasteiger partial charge in [0.15, 0.2) is 0 Å². The van der Waals surface area contributed by atoms with Crippen molar-refractivity contribution in [1.29, 1.82) is 0 Å². The molecule has 0 aromatic rings. The lowest BCUT2D eigenvalue weighted by Crippen LogP contribution is -2.39. The van der Waals surface area contributed by atoms with Gasteiger partial charge in [0.1, 0.15) is 11.5 Å². The zero-order valence-electron chi connectivity index (χ0n) is 10.6. The number of carbonyl (C=O) groups is 1. The molecule has 1 aliphatic carbocycles. The molecule has 0 aromatic heterocycles. The van der Waals surface area contributed by atoms with E-state index in [4.69, 9.17) is 14.9 Å². The Labute approximate surface area is 113 Å². The Balaban J connectivity index is 0.00000162. The number of nitrogens with one attached hydrogen (secondary N) is 1. The van der Waals surface area contributed by atoms with Crippen LogP contribution in [0.3, 0.4) is 0 Å². The minimum Gasteiger partial charge on any atom is -0.462 e. The molecule has 2 aliphatic rings. The Kier molecular flexibility index (Phi) is 5.40. The zero-order valence-corrected chi connectivity index (χ0v) is 11.4. The Hall–Kier alpha value is -0.360. The molecule has 1 saturated carbocycles. The van der Waals surface area contributed by atoms with Crippen LogP contribution in [0, 0.1) is 17.3 Å². The summed E-state index contributed by atoms with van der Waals surface area (Å²) in [5.41, 5.74) is -1.17. The molecule has 0 spiro atoms. The molecule has 3 N–H and O–H groups in total. The summed E-state index contributed by atoms with van der Waals surface area (Å²) < 4.78 is 5.41. The maximum absolute atomic E-state index is 11.8. The van der Waals surface area contributed by atoms with Crippen molar-refractivity contribution in [3.05, 3.63) is 0 Å². The summed E-state index contributed by atoms with van der Waals surface area (Å²) in [5, 5.41) is 21.6. The number of aliphatic hydroxyl groups excluding tert-OH is 2. The van der Waals surface area contributed by atoms with Crippen LogP contribution in [0.5, 0.6) is 0 Å². The minimum absolute atomic E-state index is 0. The second kappa shape index (κ2) is 6.19. The van der Waals surface area contributed by atoms with Gasteiger partial charge in [-0.1, -0.05) is 0 Å². The Morgan fingerprint density at radius 2 is 1.78 bits per heavy atom. The molecule has 0 radical (unpaired) electrons. The van der Waals surface area contributed by atoms with E-state index in [2.05, 4.69) is 5.32 Å². The molecule has 3 atom stereocenters. The van der Waals surface area contributed by atoms with Gasteiger partial charge in [-0.05, 0) is 44.7 Å². The minimum atomic E-state index is -1.17. The van der Waals surface area contributed by atoms with E-state index in [-0.39, 0.29) is 31.7 Å². The van der Waals surface area contributed by atoms with Crippen LogP contribution < -0.4 is 5.32 Å². The van der Waals surface area contributed by atoms with Crippen LogP contribution in [-0.2, 0) is 9.53 Å². The van der Waals surface area contributed by atoms with E-state index in [1.807, 2.05) is 0 Å². The van der Waals surface area contributed by atoms with Crippen LogP contribution in [0.2, 0.25) is 0 Å². The van der Waals surface area contributed by atoms with Gasteiger partial charge in [-0.3, -0.25) is 4.79 Å². The molecule has 1 aliphatic heterocycles. The van der Waals surface area contributed by atoms with E-state index in [1.165, 1.54) is 6.92 Å². The maximum Gasteiger partial charge on any atom is 0.316 e. The SMILES string of the molecule is CC(CO)(CO)C(=O)OC1C[C@H]2CNC[C@H]2C1.Cl. The first-order valence-corrected chi connectivity index (χ1v) is 6.22. The average Bonchev–Trinajstić information content (AvgIpc) is 2.88. The molecule has 1 saturated heterocycles. The van der Waals surface area contributed by atoms with Crippen LogP contribution in [0.4, 0.5) is 0 Å². The van der Waals surface area contributed by atoms with E-state index in [0.717, 1.165) is 25.9 Å². The monoisotopic (exact) mass is 279 g/mol. The predicted molar refractivity (Wildman–Crippen MR) is 68.5 cm³/mol. The Bertz CT molecular complexity index is 284. The summed E-state index contributed by atoms with van der Waals surface area (Å²) >= 11 is 0. The van der Waals surface area contributed by atoms with Gasteiger partial charge in [0.25, 0.3) is 0 Å². The lowest BCUT2D eigenvalue weighted by molar-refractivity contribution is -0.165. The van der Waals surface area contributed by atoms with Crippen LogP contribution in [0.15, 0.2) is 0 Å². The third-order valence-corrected chi connectivity index (χ3v) is 4.08. The number of aliphatic hydroxyl groups is 2. The molecule has 2 fully saturated rings. The summed E-state index contributed by atoms with van der Waals surface area (Å²) in [6.07, 6.45) is 1.75. The molecule has 1 heterocycles. The van der Waals surface area contributed by atoms with E-state index >= 15 is 0 Å². The van der Waals surface area contributed by atoms with E-state index < -0.39 is 11.4 Å². The largest absolute Gasteiger partial charge is 0.462 e. The maximum atomic E-state index is 11.8. The van der Waals surface area contributed by atoms with Gasteiger partial charge >= 0.3 is 5.97 Å². The highest BCUT2D eigenvalue weighted by Gasteiger charge is 2.42. The molecule has 0 amide bonds. The molecule has 1 unspecified atom stereocenters. The first-order chi connectivity index (χ1) is 8.09. The predicted octanol–water partition coefficient (Wildman–Crippen LogP) is -0.0597. The number of esters is 1. The fourth-order valence-corrected chi connectivity index (χ4v) is 2.68. The molecule has 5 nitrogen and oxygen atoms in total. The number of hydrogen-bond donors (Lipinski definition) is 3. The highest BCUT2D eigenvalue weighted by molar-refractivity contribution is 5.85. The Morgan fingerprint density at radius 1 is 1.28 bits per heavy atom. The highest BCUT2D eigenvalue weighted by Crippen LogP contribution is 2.36.